The van der Waals surface area contributed by atoms with Gasteiger partial charge in [-0.05, 0) is 42.9 Å². The number of amides is 1. The van der Waals surface area contributed by atoms with Crippen molar-refractivity contribution >= 4 is 17.6 Å². The molecule has 0 aromatic heterocycles. The van der Waals surface area contributed by atoms with Gasteiger partial charge in [0, 0.05) is 17.5 Å². The minimum Gasteiger partial charge on any atom is -0.461 e. The lowest BCUT2D eigenvalue weighted by atomic mass is 9.58. The summed E-state index contributed by atoms with van der Waals surface area (Å²) in [6.07, 6.45) is 3.94. The predicted molar refractivity (Wildman–Crippen MR) is 120 cm³/mol. The van der Waals surface area contributed by atoms with Gasteiger partial charge in [0.2, 0.25) is 5.91 Å². The standard InChI is InChI=1S/C27H29NO3/c1-16-9-11-17(12-10-16)20-13-18-14-27(2,3)15-21-22(18)24(26(30)31-21)23(20)25(29)28-19-7-5-4-6-8-19/h4-13,20-24H,14-15H2,1-3H3,(H,28,29)/t20-,21-,22+,23+,24-/m0/s1. The van der Waals surface area contributed by atoms with Crippen molar-refractivity contribution in [3.05, 3.63) is 77.4 Å². The Labute approximate surface area is 183 Å². The Balaban J connectivity index is 1.59. The van der Waals surface area contributed by atoms with Crippen molar-refractivity contribution in [2.75, 3.05) is 5.32 Å². The molecule has 0 radical (unpaired) electrons. The number of ether oxygens (including phenoxy) is 1. The van der Waals surface area contributed by atoms with E-state index < -0.39 is 11.8 Å². The van der Waals surface area contributed by atoms with E-state index in [2.05, 4.69) is 56.4 Å². The zero-order valence-electron chi connectivity index (χ0n) is 18.3. The largest absolute Gasteiger partial charge is 0.461 e. The monoisotopic (exact) mass is 415 g/mol. The topological polar surface area (TPSA) is 55.4 Å². The molecule has 1 N–H and O–H groups in total. The average molecular weight is 416 g/mol. The number of rotatable bonds is 3. The van der Waals surface area contributed by atoms with Gasteiger partial charge < -0.3 is 10.1 Å². The summed E-state index contributed by atoms with van der Waals surface area (Å²) in [5, 5.41) is 3.06. The summed E-state index contributed by atoms with van der Waals surface area (Å²) < 4.78 is 5.89. The highest BCUT2D eigenvalue weighted by Crippen LogP contribution is 2.56. The molecule has 4 nitrogen and oxygen atoms in total. The lowest BCUT2D eigenvalue weighted by molar-refractivity contribution is -0.148. The number of allylic oxidation sites excluding steroid dienone is 1. The molecule has 2 aliphatic carbocycles. The number of aryl methyl sites for hydroxylation is 1. The van der Waals surface area contributed by atoms with Gasteiger partial charge in [-0.25, -0.2) is 0 Å². The molecule has 1 aliphatic heterocycles. The Kier molecular flexibility index (Phi) is 4.76. The SMILES string of the molecule is Cc1ccc([C@@H]2C=C3CC(C)(C)C[C@@H]4OC(=O)[C@@H]([C@H]34)[C@@H]2C(=O)Nc2ccccc2)cc1. The number of hydrogen-bond acceptors (Lipinski definition) is 3. The number of para-hydroxylation sites is 1. The van der Waals surface area contributed by atoms with E-state index in [9.17, 15) is 9.59 Å². The highest BCUT2D eigenvalue weighted by atomic mass is 16.6. The van der Waals surface area contributed by atoms with Crippen LogP contribution in [0.25, 0.3) is 0 Å². The van der Waals surface area contributed by atoms with E-state index >= 15 is 0 Å². The van der Waals surface area contributed by atoms with E-state index in [0.717, 1.165) is 24.1 Å². The molecule has 0 spiro atoms. The molecular formula is C27H29NO3. The first kappa shape index (κ1) is 20.0. The molecular weight excluding hydrogens is 386 g/mol. The lowest BCUT2D eigenvalue weighted by Gasteiger charge is -2.44. The van der Waals surface area contributed by atoms with Crippen LogP contribution in [0.3, 0.4) is 0 Å². The smallest absolute Gasteiger partial charge is 0.310 e. The van der Waals surface area contributed by atoms with Crippen molar-refractivity contribution in [2.45, 2.75) is 45.6 Å². The van der Waals surface area contributed by atoms with Crippen molar-refractivity contribution in [2.24, 2.45) is 23.2 Å². The summed E-state index contributed by atoms with van der Waals surface area (Å²) in [5.74, 6) is -1.40. The second kappa shape index (κ2) is 7.37. The fourth-order valence-electron chi connectivity index (χ4n) is 5.87. The molecule has 1 saturated carbocycles. The number of nitrogens with one attached hydrogen (secondary N) is 1. The van der Waals surface area contributed by atoms with Crippen LogP contribution in [-0.4, -0.2) is 18.0 Å². The highest BCUT2D eigenvalue weighted by molar-refractivity contribution is 5.97. The van der Waals surface area contributed by atoms with E-state index in [1.54, 1.807) is 0 Å². The summed E-state index contributed by atoms with van der Waals surface area (Å²) in [4.78, 5) is 26.7. The Morgan fingerprint density at radius 1 is 1.03 bits per heavy atom. The molecule has 1 heterocycles. The van der Waals surface area contributed by atoms with Gasteiger partial charge in [-0.1, -0.05) is 73.5 Å². The van der Waals surface area contributed by atoms with Gasteiger partial charge in [-0.15, -0.1) is 0 Å². The van der Waals surface area contributed by atoms with Crippen LogP contribution in [0.1, 0.15) is 43.7 Å². The van der Waals surface area contributed by atoms with Crippen molar-refractivity contribution in [3.8, 4) is 0 Å². The molecule has 160 valence electrons. The number of esters is 1. The van der Waals surface area contributed by atoms with Gasteiger partial charge in [-0.3, -0.25) is 9.59 Å². The number of carbonyl (C=O) groups is 2. The van der Waals surface area contributed by atoms with Gasteiger partial charge in [0.1, 0.15) is 6.10 Å². The summed E-state index contributed by atoms with van der Waals surface area (Å²) in [6, 6.07) is 17.8. The summed E-state index contributed by atoms with van der Waals surface area (Å²) in [6.45, 7) is 6.53. The molecule has 5 rings (SSSR count). The van der Waals surface area contributed by atoms with Crippen molar-refractivity contribution in [3.63, 3.8) is 0 Å². The second-order valence-corrected chi connectivity index (χ2v) is 10.1. The van der Waals surface area contributed by atoms with Crippen molar-refractivity contribution < 1.29 is 14.3 Å². The van der Waals surface area contributed by atoms with Crippen LogP contribution in [0.15, 0.2) is 66.2 Å². The second-order valence-electron chi connectivity index (χ2n) is 10.1. The third-order valence-corrected chi connectivity index (χ3v) is 7.17. The van der Waals surface area contributed by atoms with Crippen LogP contribution in [-0.2, 0) is 14.3 Å². The normalized spacial score (nSPS) is 30.7. The molecule has 0 bridgehead atoms. The van der Waals surface area contributed by atoms with E-state index in [1.165, 1.54) is 11.1 Å². The number of anilines is 1. The average Bonchev–Trinajstić information content (AvgIpc) is 3.04. The third kappa shape index (κ3) is 3.58. The fraction of sp³-hybridized carbons (Fsp3) is 0.407. The molecule has 31 heavy (non-hydrogen) atoms. The minimum absolute atomic E-state index is 0.00810. The van der Waals surface area contributed by atoms with Crippen LogP contribution in [0.2, 0.25) is 0 Å². The lowest BCUT2D eigenvalue weighted by Crippen LogP contribution is -2.45. The first-order valence-corrected chi connectivity index (χ1v) is 11.2. The maximum Gasteiger partial charge on any atom is 0.310 e. The van der Waals surface area contributed by atoms with E-state index in [-0.39, 0.29) is 35.2 Å². The fourth-order valence-corrected chi connectivity index (χ4v) is 5.87. The van der Waals surface area contributed by atoms with Gasteiger partial charge >= 0.3 is 5.97 Å². The number of carbonyl (C=O) groups excluding carboxylic acids is 2. The molecule has 2 aromatic rings. The predicted octanol–water partition coefficient (Wildman–Crippen LogP) is 5.25. The van der Waals surface area contributed by atoms with E-state index in [0.29, 0.717) is 0 Å². The van der Waals surface area contributed by atoms with E-state index in [4.69, 9.17) is 4.74 Å². The quantitative estimate of drug-likeness (QED) is 0.550. The van der Waals surface area contributed by atoms with Gasteiger partial charge in [0.05, 0.1) is 11.8 Å². The van der Waals surface area contributed by atoms with Crippen LogP contribution in [0.4, 0.5) is 5.69 Å². The summed E-state index contributed by atoms with van der Waals surface area (Å²) >= 11 is 0. The van der Waals surface area contributed by atoms with Crippen molar-refractivity contribution in [1.29, 1.82) is 0 Å². The van der Waals surface area contributed by atoms with E-state index in [1.807, 2.05) is 30.3 Å². The molecule has 2 aromatic carbocycles. The van der Waals surface area contributed by atoms with Crippen molar-refractivity contribution in [1.82, 2.24) is 0 Å². The maximum atomic E-state index is 13.6. The minimum atomic E-state index is -0.490. The first-order valence-electron chi connectivity index (χ1n) is 11.2. The van der Waals surface area contributed by atoms with Crippen LogP contribution < -0.4 is 5.32 Å². The molecule has 0 unspecified atom stereocenters. The van der Waals surface area contributed by atoms with Gasteiger partial charge in [0.25, 0.3) is 0 Å². The first-order chi connectivity index (χ1) is 14.8. The number of benzene rings is 2. The molecule has 1 saturated heterocycles. The Bertz CT molecular complexity index is 1040. The molecule has 4 heteroatoms. The highest BCUT2D eigenvalue weighted by Gasteiger charge is 2.59. The maximum absolute atomic E-state index is 13.6. The van der Waals surface area contributed by atoms with Crippen LogP contribution >= 0.6 is 0 Å². The summed E-state index contributed by atoms with van der Waals surface area (Å²) in [7, 11) is 0. The third-order valence-electron chi connectivity index (χ3n) is 7.17. The van der Waals surface area contributed by atoms with Gasteiger partial charge in [0.15, 0.2) is 0 Å². The molecule has 5 atom stereocenters. The van der Waals surface area contributed by atoms with Gasteiger partial charge in [-0.2, -0.15) is 0 Å². The molecule has 3 aliphatic rings. The molecule has 2 fully saturated rings. The number of hydrogen-bond donors (Lipinski definition) is 1. The van der Waals surface area contributed by atoms with Crippen LogP contribution in [0, 0.1) is 30.1 Å². The zero-order valence-corrected chi connectivity index (χ0v) is 18.3. The summed E-state index contributed by atoms with van der Waals surface area (Å²) in [5.41, 5.74) is 4.36. The molecule has 1 amide bonds. The zero-order chi connectivity index (χ0) is 21.8. The Morgan fingerprint density at radius 2 is 1.74 bits per heavy atom. The Morgan fingerprint density at radius 3 is 2.45 bits per heavy atom. The Hall–Kier alpha value is -2.88. The van der Waals surface area contributed by atoms with Crippen LogP contribution in [0.5, 0.6) is 0 Å².